The Morgan fingerprint density at radius 1 is 1.07 bits per heavy atom. The molecular weight excluding hydrogens is 588 g/mol. The number of nitrogens with one attached hydrogen (secondary N) is 2. The Labute approximate surface area is 258 Å². The smallest absolute Gasteiger partial charge is 0.407 e. The Kier molecular flexibility index (Phi) is 9.69. The zero-order valence-electron chi connectivity index (χ0n) is 25.8. The summed E-state index contributed by atoms with van der Waals surface area (Å²) in [5.74, 6) is -3.14. The van der Waals surface area contributed by atoms with Gasteiger partial charge in [0, 0.05) is 12.7 Å². The maximum Gasteiger partial charge on any atom is 0.407 e. The van der Waals surface area contributed by atoms with Gasteiger partial charge in [0.15, 0.2) is 17.1 Å². The minimum atomic E-state index is -1.23. The van der Waals surface area contributed by atoms with E-state index in [4.69, 9.17) is 9.47 Å². The van der Waals surface area contributed by atoms with Crippen LogP contribution >= 0.6 is 0 Å². The minimum Gasteiger partial charge on any atom is -0.485 e. The zero-order valence-corrected chi connectivity index (χ0v) is 25.8. The van der Waals surface area contributed by atoms with E-state index in [0.717, 1.165) is 12.1 Å². The van der Waals surface area contributed by atoms with E-state index in [1.165, 1.54) is 10.5 Å². The van der Waals surface area contributed by atoms with E-state index >= 15 is 0 Å². The molecule has 3 heterocycles. The van der Waals surface area contributed by atoms with Crippen LogP contribution in [0.15, 0.2) is 42.6 Å². The number of carboxylic acids is 1. The summed E-state index contributed by atoms with van der Waals surface area (Å²) in [6.07, 6.45) is 1.35. The van der Waals surface area contributed by atoms with E-state index in [1.807, 2.05) is 0 Å². The first-order valence-electron chi connectivity index (χ1n) is 14.2. The van der Waals surface area contributed by atoms with Gasteiger partial charge >= 0.3 is 12.1 Å². The number of alkyl carbamates (subject to hydrolysis) is 1. The van der Waals surface area contributed by atoms with Crippen LogP contribution in [0.25, 0.3) is 5.65 Å². The number of carboxylic acid groups (broad SMARTS) is 1. The lowest BCUT2D eigenvalue weighted by atomic mass is 10.1. The maximum absolute atomic E-state index is 14.2. The molecule has 13 heteroatoms. The number of hydrogen-bond donors (Lipinski definition) is 3. The number of aromatic nitrogens is 3. The maximum atomic E-state index is 14.2. The van der Waals surface area contributed by atoms with Gasteiger partial charge in [0.25, 0.3) is 5.91 Å². The van der Waals surface area contributed by atoms with Crippen LogP contribution in [0.3, 0.4) is 0 Å². The molecule has 238 valence electrons. The van der Waals surface area contributed by atoms with E-state index in [1.54, 1.807) is 65.9 Å². The molecule has 1 unspecified atom stereocenters. The number of fused-ring (bicyclic) bond motifs is 1. The van der Waals surface area contributed by atoms with E-state index in [-0.39, 0.29) is 40.6 Å². The molecule has 0 saturated carbocycles. The standard InChI is InChI=1S/C32H35F2N5O6/c1-7-19-11-12-23(37-26(19)30(41)42)24(14-35-31(43)45-32(4,5)6)38-29(40)27-18(3)36-28-25(13-17(2)15-39(27)28)44-16-20-21(33)9-8-10-22(20)34/h8-13,15,24H,7,14,16H2,1-6H3,(H,35,43)(H,38,40)(H,41,42). The quantitative estimate of drug-likeness (QED) is 0.211. The van der Waals surface area contributed by atoms with Crippen LogP contribution in [0, 0.1) is 25.5 Å². The highest BCUT2D eigenvalue weighted by molar-refractivity contribution is 5.95. The van der Waals surface area contributed by atoms with Crippen LogP contribution in [-0.2, 0) is 17.8 Å². The van der Waals surface area contributed by atoms with E-state index in [2.05, 4.69) is 20.6 Å². The van der Waals surface area contributed by atoms with Crippen molar-refractivity contribution in [2.45, 2.75) is 66.2 Å². The molecule has 2 amide bonds. The molecule has 0 spiro atoms. The first-order chi connectivity index (χ1) is 21.2. The highest BCUT2D eigenvalue weighted by Crippen LogP contribution is 2.26. The normalized spacial score (nSPS) is 12.1. The number of pyridine rings is 2. The number of aryl methyl sites for hydroxylation is 3. The molecule has 3 N–H and O–H groups in total. The molecule has 0 bridgehead atoms. The molecule has 0 saturated heterocycles. The van der Waals surface area contributed by atoms with Crippen LogP contribution in [0.1, 0.15) is 82.8 Å². The molecule has 0 aliphatic carbocycles. The minimum absolute atomic E-state index is 0.126. The van der Waals surface area contributed by atoms with Crippen molar-refractivity contribution in [3.05, 3.63) is 93.7 Å². The Hall–Kier alpha value is -5.07. The molecule has 4 rings (SSSR count). The van der Waals surface area contributed by atoms with Gasteiger partial charge in [0.2, 0.25) is 0 Å². The van der Waals surface area contributed by atoms with Gasteiger partial charge in [0.1, 0.15) is 29.5 Å². The van der Waals surface area contributed by atoms with Gasteiger partial charge in [-0.25, -0.2) is 28.3 Å². The second-order valence-corrected chi connectivity index (χ2v) is 11.4. The first kappa shape index (κ1) is 32.8. The predicted molar refractivity (Wildman–Crippen MR) is 160 cm³/mol. The van der Waals surface area contributed by atoms with Crippen LogP contribution in [0.4, 0.5) is 13.6 Å². The van der Waals surface area contributed by atoms with Gasteiger partial charge in [-0.15, -0.1) is 0 Å². The summed E-state index contributed by atoms with van der Waals surface area (Å²) in [7, 11) is 0. The van der Waals surface area contributed by atoms with Gasteiger partial charge in [-0.05, 0) is 76.4 Å². The van der Waals surface area contributed by atoms with Crippen molar-refractivity contribution in [2.24, 2.45) is 0 Å². The lowest BCUT2D eigenvalue weighted by molar-refractivity contribution is 0.0518. The van der Waals surface area contributed by atoms with Crippen molar-refractivity contribution < 1.29 is 37.7 Å². The number of rotatable bonds is 10. The van der Waals surface area contributed by atoms with Crippen molar-refractivity contribution in [1.82, 2.24) is 25.0 Å². The molecule has 0 aliphatic heterocycles. The van der Waals surface area contributed by atoms with Crippen LogP contribution in [0.2, 0.25) is 0 Å². The fourth-order valence-electron chi connectivity index (χ4n) is 4.68. The van der Waals surface area contributed by atoms with Crippen molar-refractivity contribution in [3.63, 3.8) is 0 Å². The molecule has 3 aromatic heterocycles. The number of nitrogens with zero attached hydrogens (tertiary/aromatic N) is 3. The average Bonchev–Trinajstić information content (AvgIpc) is 3.29. The fourth-order valence-corrected chi connectivity index (χ4v) is 4.68. The van der Waals surface area contributed by atoms with E-state index in [0.29, 0.717) is 23.2 Å². The summed E-state index contributed by atoms with van der Waals surface area (Å²) in [6, 6.07) is 7.40. The van der Waals surface area contributed by atoms with Crippen LogP contribution < -0.4 is 15.4 Å². The monoisotopic (exact) mass is 623 g/mol. The summed E-state index contributed by atoms with van der Waals surface area (Å²) in [5, 5.41) is 15.2. The van der Waals surface area contributed by atoms with Crippen molar-refractivity contribution in [3.8, 4) is 5.75 Å². The Morgan fingerprint density at radius 2 is 1.76 bits per heavy atom. The highest BCUT2D eigenvalue weighted by atomic mass is 19.1. The largest absolute Gasteiger partial charge is 0.485 e. The topological polar surface area (TPSA) is 144 Å². The Morgan fingerprint density at radius 3 is 2.38 bits per heavy atom. The van der Waals surface area contributed by atoms with Gasteiger partial charge in [-0.3, -0.25) is 9.20 Å². The molecule has 1 atom stereocenters. The van der Waals surface area contributed by atoms with Crippen molar-refractivity contribution in [2.75, 3.05) is 6.54 Å². The summed E-state index contributed by atoms with van der Waals surface area (Å²) in [5.41, 5.74) is 0.873. The third-order valence-corrected chi connectivity index (χ3v) is 6.74. The number of benzene rings is 1. The Bertz CT molecular complexity index is 1750. The second kappa shape index (κ2) is 13.3. The van der Waals surface area contributed by atoms with Crippen LogP contribution in [0.5, 0.6) is 5.75 Å². The number of halogens is 2. The summed E-state index contributed by atoms with van der Waals surface area (Å²) in [6.45, 7) is 9.70. The SMILES string of the molecule is CCc1ccc(C(CNC(=O)OC(C)(C)C)NC(=O)c2c(C)nc3c(OCc4c(F)cccc4F)cc(C)cn23)nc1C(=O)O. The third-order valence-electron chi connectivity index (χ3n) is 6.74. The molecular formula is C32H35F2N5O6. The van der Waals surface area contributed by atoms with Crippen molar-refractivity contribution in [1.29, 1.82) is 0 Å². The number of ether oxygens (including phenoxy) is 2. The van der Waals surface area contributed by atoms with Crippen LogP contribution in [-0.4, -0.2) is 49.6 Å². The van der Waals surface area contributed by atoms with E-state index in [9.17, 15) is 28.3 Å². The number of carbonyl (C=O) groups excluding carboxylic acids is 2. The van der Waals surface area contributed by atoms with Crippen molar-refractivity contribution >= 4 is 23.6 Å². The van der Waals surface area contributed by atoms with E-state index < -0.39 is 47.9 Å². The number of hydrogen-bond acceptors (Lipinski definition) is 7. The fraction of sp³-hybridized carbons (Fsp3) is 0.344. The number of carbonyl (C=O) groups is 3. The average molecular weight is 624 g/mol. The van der Waals surface area contributed by atoms with Gasteiger partial charge < -0.3 is 25.2 Å². The zero-order chi connectivity index (χ0) is 33.1. The molecule has 1 aromatic carbocycles. The summed E-state index contributed by atoms with van der Waals surface area (Å²) >= 11 is 0. The van der Waals surface area contributed by atoms with Gasteiger partial charge in [-0.2, -0.15) is 0 Å². The number of amides is 2. The lowest BCUT2D eigenvalue weighted by Gasteiger charge is -2.23. The molecule has 11 nitrogen and oxygen atoms in total. The molecule has 0 fully saturated rings. The third kappa shape index (κ3) is 7.72. The van der Waals surface area contributed by atoms with Gasteiger partial charge in [0.05, 0.1) is 23.0 Å². The predicted octanol–water partition coefficient (Wildman–Crippen LogP) is 5.46. The number of aromatic carboxylic acids is 1. The summed E-state index contributed by atoms with van der Waals surface area (Å²) in [4.78, 5) is 47.0. The Balaban J connectivity index is 1.68. The van der Waals surface area contributed by atoms with Gasteiger partial charge in [-0.1, -0.05) is 19.1 Å². The molecule has 4 aromatic rings. The lowest BCUT2D eigenvalue weighted by Crippen LogP contribution is -2.41. The molecule has 0 radical (unpaired) electrons. The second-order valence-electron chi connectivity index (χ2n) is 11.4. The molecule has 0 aliphatic rings. The first-order valence-corrected chi connectivity index (χ1v) is 14.2. The number of imidazole rings is 1. The molecule has 45 heavy (non-hydrogen) atoms. The summed E-state index contributed by atoms with van der Waals surface area (Å²) < 4.78 is 41.1. The highest BCUT2D eigenvalue weighted by Gasteiger charge is 2.26.